The van der Waals surface area contributed by atoms with Gasteiger partial charge in [-0.2, -0.15) is 0 Å². The zero-order valence-corrected chi connectivity index (χ0v) is 19.8. The van der Waals surface area contributed by atoms with E-state index in [2.05, 4.69) is 57.5 Å². The van der Waals surface area contributed by atoms with Crippen molar-refractivity contribution >= 4 is 44.0 Å². The largest absolute Gasteiger partial charge is 0.459 e. The van der Waals surface area contributed by atoms with Gasteiger partial charge in [-0.1, -0.05) is 34.1 Å². The maximum atomic E-state index is 12.7. The Balaban J connectivity index is 1.79. The number of carbonyl (C=O) groups is 1. The van der Waals surface area contributed by atoms with E-state index < -0.39 is 0 Å². The molecular formula is C24H22BrN3O2S. The molecule has 1 aromatic carbocycles. The predicted octanol–water partition coefficient (Wildman–Crippen LogP) is 6.88. The van der Waals surface area contributed by atoms with E-state index in [9.17, 15) is 4.79 Å². The number of aryl methyl sites for hydroxylation is 2. The van der Waals surface area contributed by atoms with Crippen LogP contribution >= 0.6 is 27.3 Å². The van der Waals surface area contributed by atoms with Gasteiger partial charge in [-0.25, -0.2) is 4.98 Å². The van der Waals surface area contributed by atoms with Crippen LogP contribution in [0.1, 0.15) is 43.9 Å². The number of halogens is 1. The van der Waals surface area contributed by atoms with Gasteiger partial charge in [-0.15, -0.1) is 11.3 Å². The Morgan fingerprint density at radius 2 is 1.90 bits per heavy atom. The Bertz CT molecular complexity index is 1220. The third kappa shape index (κ3) is 4.73. The van der Waals surface area contributed by atoms with Gasteiger partial charge in [0.25, 0.3) is 5.91 Å². The normalized spacial score (nSPS) is 11.9. The van der Waals surface area contributed by atoms with Crippen molar-refractivity contribution in [2.75, 3.05) is 10.6 Å². The fraction of sp³-hybridized carbons (Fsp3) is 0.167. The summed E-state index contributed by atoms with van der Waals surface area (Å²) in [5, 5.41) is 7.43. The number of pyridine rings is 1. The van der Waals surface area contributed by atoms with E-state index >= 15 is 0 Å². The molecule has 0 aliphatic heterocycles. The molecule has 0 aliphatic carbocycles. The zero-order valence-electron chi connectivity index (χ0n) is 17.4. The number of anilines is 2. The van der Waals surface area contributed by atoms with Crippen molar-refractivity contribution in [1.82, 2.24) is 4.98 Å². The topological polar surface area (TPSA) is 67.2 Å². The lowest BCUT2D eigenvalue weighted by atomic mass is 9.96. The van der Waals surface area contributed by atoms with Gasteiger partial charge in [0.1, 0.15) is 10.8 Å². The summed E-state index contributed by atoms with van der Waals surface area (Å²) >= 11 is 5.15. The van der Waals surface area contributed by atoms with Crippen LogP contribution in [-0.2, 0) is 0 Å². The van der Waals surface area contributed by atoms with Gasteiger partial charge in [-0.05, 0) is 68.3 Å². The van der Waals surface area contributed by atoms with Crippen molar-refractivity contribution < 1.29 is 9.21 Å². The lowest BCUT2D eigenvalue weighted by Gasteiger charge is -2.22. The zero-order chi connectivity index (χ0) is 22.0. The van der Waals surface area contributed by atoms with Gasteiger partial charge in [-0.3, -0.25) is 4.79 Å². The second-order valence-electron chi connectivity index (χ2n) is 7.25. The molecule has 0 radical (unpaired) electrons. The molecule has 0 aliphatic rings. The SMILES string of the molecule is Cc1cccc(N[C@H](c2cccc(Br)c2)c2c(NC(=O)c3ccco3)sc(C)c2C)n1. The van der Waals surface area contributed by atoms with Crippen LogP contribution in [0, 0.1) is 20.8 Å². The van der Waals surface area contributed by atoms with Gasteiger partial charge in [0, 0.05) is 20.6 Å². The minimum Gasteiger partial charge on any atom is -0.459 e. The highest BCUT2D eigenvalue weighted by atomic mass is 79.9. The minimum atomic E-state index is -0.269. The first-order valence-electron chi connectivity index (χ1n) is 9.83. The molecule has 0 bridgehead atoms. The molecule has 5 nitrogen and oxygen atoms in total. The minimum absolute atomic E-state index is 0.205. The number of benzene rings is 1. The molecule has 3 aromatic heterocycles. The number of carbonyl (C=O) groups excluding carboxylic acids is 1. The summed E-state index contributed by atoms with van der Waals surface area (Å²) in [6.45, 7) is 6.11. The molecule has 158 valence electrons. The first-order chi connectivity index (χ1) is 14.9. The Morgan fingerprint density at radius 3 is 2.61 bits per heavy atom. The highest BCUT2D eigenvalue weighted by Crippen LogP contribution is 2.41. The van der Waals surface area contributed by atoms with Crippen LogP contribution in [-0.4, -0.2) is 10.9 Å². The van der Waals surface area contributed by atoms with Crippen LogP contribution in [0.2, 0.25) is 0 Å². The molecule has 3 heterocycles. The molecule has 0 saturated carbocycles. The summed E-state index contributed by atoms with van der Waals surface area (Å²) in [7, 11) is 0. The number of rotatable bonds is 6. The summed E-state index contributed by atoms with van der Waals surface area (Å²) in [5.41, 5.74) is 4.14. The van der Waals surface area contributed by atoms with Gasteiger partial charge in [0.05, 0.1) is 12.3 Å². The van der Waals surface area contributed by atoms with Gasteiger partial charge >= 0.3 is 0 Å². The molecule has 0 saturated heterocycles. The van der Waals surface area contributed by atoms with E-state index in [0.29, 0.717) is 0 Å². The highest BCUT2D eigenvalue weighted by Gasteiger charge is 2.26. The van der Waals surface area contributed by atoms with E-state index in [0.717, 1.165) is 42.6 Å². The van der Waals surface area contributed by atoms with E-state index in [-0.39, 0.29) is 17.7 Å². The van der Waals surface area contributed by atoms with Gasteiger partial charge in [0.15, 0.2) is 5.76 Å². The van der Waals surface area contributed by atoms with Gasteiger partial charge < -0.3 is 15.1 Å². The summed E-state index contributed by atoms with van der Waals surface area (Å²) in [4.78, 5) is 18.5. The Morgan fingerprint density at radius 1 is 1.10 bits per heavy atom. The molecule has 0 fully saturated rings. The smallest absolute Gasteiger partial charge is 0.291 e. The van der Waals surface area contributed by atoms with E-state index in [1.165, 1.54) is 6.26 Å². The molecule has 31 heavy (non-hydrogen) atoms. The number of thiophene rings is 1. The molecule has 4 aromatic rings. The molecule has 7 heteroatoms. The number of furan rings is 1. The number of hydrogen-bond donors (Lipinski definition) is 2. The monoisotopic (exact) mass is 495 g/mol. The maximum Gasteiger partial charge on any atom is 0.291 e. The summed E-state index contributed by atoms with van der Waals surface area (Å²) in [5.74, 6) is 0.785. The predicted molar refractivity (Wildman–Crippen MR) is 129 cm³/mol. The first-order valence-corrected chi connectivity index (χ1v) is 11.4. The number of aromatic nitrogens is 1. The first kappa shape index (κ1) is 21.3. The lowest BCUT2D eigenvalue weighted by molar-refractivity contribution is 0.0997. The molecule has 1 atom stereocenters. The van der Waals surface area contributed by atoms with Crippen LogP contribution in [0.3, 0.4) is 0 Å². The van der Waals surface area contributed by atoms with Crippen LogP contribution < -0.4 is 10.6 Å². The summed E-state index contributed by atoms with van der Waals surface area (Å²) < 4.78 is 6.26. The molecule has 1 amide bonds. The molecule has 2 N–H and O–H groups in total. The Kier molecular flexibility index (Phi) is 6.25. The average molecular weight is 496 g/mol. The molecule has 0 unspecified atom stereocenters. The van der Waals surface area contributed by atoms with Crippen molar-refractivity contribution in [2.24, 2.45) is 0 Å². The fourth-order valence-corrected chi connectivity index (χ4v) is 4.95. The third-order valence-corrected chi connectivity index (χ3v) is 6.69. The molecule has 0 spiro atoms. The number of hydrogen-bond acceptors (Lipinski definition) is 5. The second-order valence-corrected chi connectivity index (χ2v) is 9.39. The van der Waals surface area contributed by atoms with Crippen LogP contribution in [0.15, 0.2) is 69.8 Å². The van der Waals surface area contributed by atoms with E-state index in [1.807, 2.05) is 37.3 Å². The van der Waals surface area contributed by atoms with Crippen molar-refractivity contribution in [3.63, 3.8) is 0 Å². The maximum absolute atomic E-state index is 12.7. The highest BCUT2D eigenvalue weighted by molar-refractivity contribution is 9.10. The summed E-state index contributed by atoms with van der Waals surface area (Å²) in [6.07, 6.45) is 1.50. The number of nitrogens with zero attached hydrogens (tertiary/aromatic N) is 1. The number of nitrogens with one attached hydrogen (secondary N) is 2. The van der Waals surface area contributed by atoms with Crippen molar-refractivity contribution in [2.45, 2.75) is 26.8 Å². The fourth-order valence-electron chi connectivity index (χ4n) is 3.44. The van der Waals surface area contributed by atoms with Crippen molar-refractivity contribution in [1.29, 1.82) is 0 Å². The van der Waals surface area contributed by atoms with Crippen molar-refractivity contribution in [3.05, 3.63) is 98.4 Å². The molecule has 4 rings (SSSR count). The Labute approximate surface area is 193 Å². The standard InChI is InChI=1S/C24H22BrN3O2S/c1-14-7-4-11-20(26-14)27-22(17-8-5-9-18(25)13-17)21-15(2)16(3)31-24(21)28-23(29)19-10-6-12-30-19/h4-13,22H,1-3H3,(H,26,27)(H,28,29)/t22-/m1/s1. The van der Waals surface area contributed by atoms with Crippen LogP contribution in [0.25, 0.3) is 0 Å². The average Bonchev–Trinajstić information content (AvgIpc) is 3.36. The lowest BCUT2D eigenvalue weighted by Crippen LogP contribution is -2.18. The Hall–Kier alpha value is -2.90. The number of amides is 1. The van der Waals surface area contributed by atoms with E-state index in [1.54, 1.807) is 23.5 Å². The van der Waals surface area contributed by atoms with Gasteiger partial charge in [0.2, 0.25) is 0 Å². The molecular weight excluding hydrogens is 474 g/mol. The van der Waals surface area contributed by atoms with Crippen LogP contribution in [0.4, 0.5) is 10.8 Å². The van der Waals surface area contributed by atoms with Crippen LogP contribution in [0.5, 0.6) is 0 Å². The summed E-state index contributed by atoms with van der Waals surface area (Å²) in [6, 6.07) is 17.2. The van der Waals surface area contributed by atoms with Crippen molar-refractivity contribution in [3.8, 4) is 0 Å². The van der Waals surface area contributed by atoms with E-state index in [4.69, 9.17) is 4.42 Å². The quantitative estimate of drug-likeness (QED) is 0.306. The second kappa shape index (κ2) is 9.08. The third-order valence-electron chi connectivity index (χ3n) is 5.06.